The number of aliphatic imine (C=N–C) groups is 1. The molecule has 8 heteroatoms. The normalized spacial score (nSPS) is 15.0. The molecule has 7 nitrogen and oxygen atoms in total. The summed E-state index contributed by atoms with van der Waals surface area (Å²) in [5, 5.41) is 9.33. The van der Waals surface area contributed by atoms with E-state index in [1.807, 2.05) is 48.5 Å². The molecule has 3 rings (SSSR count). The Kier molecular flexibility index (Phi) is 10.6. The average Bonchev–Trinajstić information content (AvgIpc) is 3.31. The number of nitrogens with one attached hydrogen (secondary N) is 3. The number of benzene rings is 2. The van der Waals surface area contributed by atoms with Crippen LogP contribution in [0.15, 0.2) is 59.6 Å². The summed E-state index contributed by atoms with van der Waals surface area (Å²) in [6.45, 7) is 2.93. The maximum atomic E-state index is 12.2. The molecule has 31 heavy (non-hydrogen) atoms. The van der Waals surface area contributed by atoms with E-state index in [-0.39, 0.29) is 42.5 Å². The smallest absolute Gasteiger partial charge is 0.243 e. The van der Waals surface area contributed by atoms with Crippen LogP contribution in [0, 0.1) is 0 Å². The van der Waals surface area contributed by atoms with E-state index in [2.05, 4.69) is 31.9 Å². The van der Waals surface area contributed by atoms with E-state index in [4.69, 9.17) is 4.74 Å². The van der Waals surface area contributed by atoms with Gasteiger partial charge in [0.2, 0.25) is 5.91 Å². The van der Waals surface area contributed by atoms with Crippen LogP contribution in [0.1, 0.15) is 24.4 Å². The van der Waals surface area contributed by atoms with E-state index in [0.717, 1.165) is 30.1 Å². The molecular weight excluding hydrogens is 505 g/mol. The molecule has 1 atom stereocenters. The van der Waals surface area contributed by atoms with E-state index < -0.39 is 0 Å². The molecule has 0 radical (unpaired) electrons. The first kappa shape index (κ1) is 24.9. The van der Waals surface area contributed by atoms with Crippen LogP contribution in [0.25, 0.3) is 0 Å². The van der Waals surface area contributed by atoms with Gasteiger partial charge in [-0.2, -0.15) is 0 Å². The van der Waals surface area contributed by atoms with Gasteiger partial charge in [-0.25, -0.2) is 0 Å². The fraction of sp³-hybridized carbons (Fsp3) is 0.391. The number of hydrogen-bond donors (Lipinski definition) is 3. The van der Waals surface area contributed by atoms with Crippen molar-refractivity contribution in [1.82, 2.24) is 15.5 Å². The van der Waals surface area contributed by atoms with Crippen molar-refractivity contribution in [2.24, 2.45) is 4.99 Å². The lowest BCUT2D eigenvalue weighted by Gasteiger charge is -2.30. The number of methoxy groups -OCH3 is 1. The van der Waals surface area contributed by atoms with Crippen molar-refractivity contribution in [3.8, 4) is 5.75 Å². The quantitative estimate of drug-likeness (QED) is 0.274. The van der Waals surface area contributed by atoms with Gasteiger partial charge in [-0.1, -0.05) is 36.4 Å². The zero-order valence-corrected chi connectivity index (χ0v) is 20.5. The number of hydrogen-bond acceptors (Lipinski definition) is 4. The van der Waals surface area contributed by atoms with Crippen molar-refractivity contribution in [3.63, 3.8) is 0 Å². The maximum Gasteiger partial charge on any atom is 0.243 e. The van der Waals surface area contributed by atoms with Gasteiger partial charge < -0.3 is 20.7 Å². The first-order valence-corrected chi connectivity index (χ1v) is 10.4. The summed E-state index contributed by atoms with van der Waals surface area (Å²) < 4.78 is 5.60. The molecule has 0 bridgehead atoms. The molecular formula is C23H32IN5O2. The number of carbonyl (C=O) groups is 1. The van der Waals surface area contributed by atoms with Crippen molar-refractivity contribution in [3.05, 3.63) is 60.2 Å². The zero-order valence-electron chi connectivity index (χ0n) is 18.1. The molecule has 1 fully saturated rings. The summed E-state index contributed by atoms with van der Waals surface area (Å²) >= 11 is 0. The van der Waals surface area contributed by atoms with Crippen LogP contribution in [-0.4, -0.2) is 57.1 Å². The third-order valence-corrected chi connectivity index (χ3v) is 5.24. The van der Waals surface area contributed by atoms with Crippen molar-refractivity contribution >= 4 is 41.5 Å². The van der Waals surface area contributed by atoms with E-state index in [0.29, 0.717) is 12.5 Å². The van der Waals surface area contributed by atoms with Crippen LogP contribution in [0.5, 0.6) is 5.75 Å². The van der Waals surface area contributed by atoms with Crippen LogP contribution in [-0.2, 0) is 4.79 Å². The second-order valence-electron chi connectivity index (χ2n) is 7.22. The Morgan fingerprint density at radius 1 is 1.06 bits per heavy atom. The fourth-order valence-electron chi connectivity index (χ4n) is 3.74. The van der Waals surface area contributed by atoms with E-state index in [1.165, 1.54) is 12.8 Å². The molecule has 0 saturated carbocycles. The first-order valence-electron chi connectivity index (χ1n) is 10.4. The Hall–Kier alpha value is -2.33. The van der Waals surface area contributed by atoms with Gasteiger partial charge in [-0.3, -0.25) is 14.7 Å². The minimum absolute atomic E-state index is 0. The molecule has 1 unspecified atom stereocenters. The molecule has 1 amide bonds. The highest BCUT2D eigenvalue weighted by Crippen LogP contribution is 2.31. The largest absolute Gasteiger partial charge is 0.496 e. The van der Waals surface area contributed by atoms with Gasteiger partial charge in [0.15, 0.2) is 5.96 Å². The number of likely N-dealkylation sites (tertiary alicyclic amines) is 1. The summed E-state index contributed by atoms with van der Waals surface area (Å²) in [4.78, 5) is 18.9. The van der Waals surface area contributed by atoms with E-state index in [1.54, 1.807) is 14.2 Å². The SMILES string of the molecule is CN=C(NCC(=O)Nc1ccccc1)NCC(c1ccccc1OC)N1CCCC1.I. The minimum atomic E-state index is -0.120. The van der Waals surface area contributed by atoms with Crippen LogP contribution in [0.4, 0.5) is 5.69 Å². The Labute approximate surface area is 201 Å². The molecule has 1 aliphatic rings. The minimum Gasteiger partial charge on any atom is -0.496 e. The lowest BCUT2D eigenvalue weighted by Crippen LogP contribution is -2.45. The van der Waals surface area contributed by atoms with Gasteiger partial charge in [0.25, 0.3) is 0 Å². The van der Waals surface area contributed by atoms with Gasteiger partial charge in [0, 0.05) is 24.8 Å². The molecule has 2 aromatic carbocycles. The molecule has 1 saturated heterocycles. The van der Waals surface area contributed by atoms with Gasteiger partial charge in [-0.05, 0) is 44.1 Å². The van der Waals surface area contributed by atoms with Gasteiger partial charge in [-0.15, -0.1) is 24.0 Å². The predicted molar refractivity (Wildman–Crippen MR) is 136 cm³/mol. The highest BCUT2D eigenvalue weighted by molar-refractivity contribution is 14.0. The third kappa shape index (κ3) is 7.39. The zero-order chi connectivity index (χ0) is 21.2. The van der Waals surface area contributed by atoms with Crippen molar-refractivity contribution in [1.29, 1.82) is 0 Å². The molecule has 0 aliphatic carbocycles. The lowest BCUT2D eigenvalue weighted by atomic mass is 10.0. The highest BCUT2D eigenvalue weighted by Gasteiger charge is 2.26. The lowest BCUT2D eigenvalue weighted by molar-refractivity contribution is -0.115. The van der Waals surface area contributed by atoms with Crippen molar-refractivity contribution in [2.45, 2.75) is 18.9 Å². The summed E-state index contributed by atoms with van der Waals surface area (Å²) in [7, 11) is 3.41. The topological polar surface area (TPSA) is 78.0 Å². The Morgan fingerprint density at radius 3 is 2.42 bits per heavy atom. The standard InChI is InChI=1S/C23H31N5O2.HI/c1-24-23(26-17-22(29)27-18-10-4-3-5-11-18)25-16-20(28-14-8-9-15-28)19-12-6-7-13-21(19)30-2;/h3-7,10-13,20H,8-9,14-17H2,1-2H3,(H,27,29)(H2,24,25,26);1H. The fourth-order valence-corrected chi connectivity index (χ4v) is 3.74. The van der Waals surface area contributed by atoms with Gasteiger partial charge in [0.05, 0.1) is 19.7 Å². The second kappa shape index (κ2) is 13.2. The number of rotatable bonds is 8. The van der Waals surface area contributed by atoms with Crippen LogP contribution in [0.2, 0.25) is 0 Å². The number of guanidine groups is 1. The second-order valence-corrected chi connectivity index (χ2v) is 7.22. The van der Waals surface area contributed by atoms with Crippen molar-refractivity contribution in [2.75, 3.05) is 45.7 Å². The van der Waals surface area contributed by atoms with Crippen LogP contribution >= 0.6 is 24.0 Å². The highest BCUT2D eigenvalue weighted by atomic mass is 127. The molecule has 1 heterocycles. The molecule has 168 valence electrons. The third-order valence-electron chi connectivity index (χ3n) is 5.24. The predicted octanol–water partition coefficient (Wildman–Crippen LogP) is 3.25. The summed E-state index contributed by atoms with van der Waals surface area (Å²) in [5.41, 5.74) is 1.93. The Bertz CT molecular complexity index is 841. The summed E-state index contributed by atoms with van der Waals surface area (Å²) in [6.07, 6.45) is 2.41. The van der Waals surface area contributed by atoms with Gasteiger partial charge in [0.1, 0.15) is 5.75 Å². The number of nitrogens with zero attached hydrogens (tertiary/aromatic N) is 2. The number of anilines is 1. The number of halogens is 1. The summed E-state index contributed by atoms with van der Waals surface area (Å²) in [5.74, 6) is 1.36. The van der Waals surface area contributed by atoms with Crippen LogP contribution in [0.3, 0.4) is 0 Å². The number of para-hydroxylation sites is 2. The monoisotopic (exact) mass is 537 g/mol. The number of ether oxygens (including phenoxy) is 1. The Balaban J connectivity index is 0.00000341. The Morgan fingerprint density at radius 2 is 1.74 bits per heavy atom. The summed E-state index contributed by atoms with van der Waals surface area (Å²) in [6, 6.07) is 17.7. The number of amides is 1. The molecule has 1 aliphatic heterocycles. The van der Waals surface area contributed by atoms with E-state index >= 15 is 0 Å². The molecule has 3 N–H and O–H groups in total. The van der Waals surface area contributed by atoms with Crippen LogP contribution < -0.4 is 20.7 Å². The molecule has 0 aromatic heterocycles. The average molecular weight is 537 g/mol. The van der Waals surface area contributed by atoms with Crippen molar-refractivity contribution < 1.29 is 9.53 Å². The first-order chi connectivity index (χ1) is 14.7. The van der Waals surface area contributed by atoms with Gasteiger partial charge >= 0.3 is 0 Å². The number of carbonyl (C=O) groups excluding carboxylic acids is 1. The maximum absolute atomic E-state index is 12.2. The molecule has 0 spiro atoms. The molecule has 2 aromatic rings. The van der Waals surface area contributed by atoms with E-state index in [9.17, 15) is 4.79 Å².